The first-order chi connectivity index (χ1) is 9.44. The summed E-state index contributed by atoms with van der Waals surface area (Å²) >= 11 is 0. The molecule has 6 heteroatoms. The van der Waals surface area contributed by atoms with Crippen LogP contribution in [-0.2, 0) is 16.1 Å². The maximum absolute atomic E-state index is 11.5. The lowest BCUT2D eigenvalue weighted by atomic mass is 10.1. The maximum Gasteiger partial charge on any atom is 0.246 e. The molecule has 6 nitrogen and oxygen atoms in total. The molecule has 0 bridgehead atoms. The Morgan fingerprint density at radius 2 is 2.20 bits per heavy atom. The molecule has 0 aliphatic carbocycles. The summed E-state index contributed by atoms with van der Waals surface area (Å²) in [6.45, 7) is 5.94. The molecule has 1 N–H and O–H groups in total. The molecule has 0 aliphatic heterocycles. The summed E-state index contributed by atoms with van der Waals surface area (Å²) in [5.74, 6) is 0.981. The van der Waals surface area contributed by atoms with Gasteiger partial charge >= 0.3 is 0 Å². The van der Waals surface area contributed by atoms with Gasteiger partial charge in [0.25, 0.3) is 0 Å². The van der Waals surface area contributed by atoms with E-state index in [1.54, 1.807) is 24.5 Å². The van der Waals surface area contributed by atoms with Gasteiger partial charge in [-0.15, -0.1) is 0 Å². The van der Waals surface area contributed by atoms with Gasteiger partial charge in [-0.1, -0.05) is 5.16 Å². The second-order valence-electron chi connectivity index (χ2n) is 5.45. The molecular formula is C14H18N2O4. The van der Waals surface area contributed by atoms with Crippen molar-refractivity contribution in [1.82, 2.24) is 10.5 Å². The van der Waals surface area contributed by atoms with Crippen LogP contribution < -0.4 is 5.32 Å². The Morgan fingerprint density at radius 1 is 1.40 bits per heavy atom. The third-order valence-electron chi connectivity index (χ3n) is 2.32. The quantitative estimate of drug-likeness (QED) is 0.908. The predicted molar refractivity (Wildman–Crippen MR) is 71.8 cm³/mol. The Morgan fingerprint density at radius 3 is 2.85 bits per heavy atom. The fourth-order valence-corrected chi connectivity index (χ4v) is 1.62. The minimum absolute atomic E-state index is 0.0137. The van der Waals surface area contributed by atoms with Crippen molar-refractivity contribution < 1.29 is 18.5 Å². The number of ether oxygens (including phenoxy) is 1. The van der Waals surface area contributed by atoms with E-state index in [1.807, 2.05) is 20.8 Å². The van der Waals surface area contributed by atoms with Gasteiger partial charge in [0, 0.05) is 11.6 Å². The summed E-state index contributed by atoms with van der Waals surface area (Å²) in [5, 5.41) is 6.66. The molecule has 2 aromatic rings. The number of nitrogens with one attached hydrogen (secondary N) is 1. The van der Waals surface area contributed by atoms with E-state index < -0.39 is 0 Å². The first-order valence-corrected chi connectivity index (χ1v) is 6.32. The monoisotopic (exact) mass is 278 g/mol. The van der Waals surface area contributed by atoms with Crippen molar-refractivity contribution >= 4 is 5.91 Å². The SMILES string of the molecule is CC(C)(C)NC(=O)COCc1cc(-c2ccco2)on1. The Hall–Kier alpha value is -2.08. The zero-order valence-corrected chi connectivity index (χ0v) is 11.8. The lowest BCUT2D eigenvalue weighted by Crippen LogP contribution is -2.42. The molecule has 0 radical (unpaired) electrons. The number of amides is 1. The van der Waals surface area contributed by atoms with Crippen LogP contribution in [-0.4, -0.2) is 23.2 Å². The average Bonchev–Trinajstić information content (AvgIpc) is 2.96. The highest BCUT2D eigenvalue weighted by atomic mass is 16.5. The summed E-state index contributed by atoms with van der Waals surface area (Å²) in [6.07, 6.45) is 1.56. The van der Waals surface area contributed by atoms with Crippen molar-refractivity contribution in [2.24, 2.45) is 0 Å². The van der Waals surface area contributed by atoms with E-state index >= 15 is 0 Å². The second-order valence-corrected chi connectivity index (χ2v) is 5.45. The summed E-state index contributed by atoms with van der Waals surface area (Å²) < 4.78 is 15.6. The van der Waals surface area contributed by atoms with Gasteiger partial charge in [0.05, 0.1) is 12.9 Å². The molecule has 2 heterocycles. The lowest BCUT2D eigenvalue weighted by Gasteiger charge is -2.20. The molecule has 20 heavy (non-hydrogen) atoms. The number of aromatic nitrogens is 1. The van der Waals surface area contributed by atoms with Gasteiger partial charge in [-0.25, -0.2) is 0 Å². The fourth-order valence-electron chi connectivity index (χ4n) is 1.62. The molecular weight excluding hydrogens is 260 g/mol. The van der Waals surface area contributed by atoms with Gasteiger partial charge < -0.3 is 19.0 Å². The largest absolute Gasteiger partial charge is 0.461 e. The molecule has 0 fully saturated rings. The third kappa shape index (κ3) is 4.24. The standard InChI is InChI=1S/C14H18N2O4/c1-14(2,3)15-13(17)9-18-8-10-7-12(20-16-10)11-5-4-6-19-11/h4-7H,8-9H2,1-3H3,(H,15,17). The molecule has 2 rings (SSSR count). The number of hydrogen-bond donors (Lipinski definition) is 1. The van der Waals surface area contributed by atoms with E-state index in [4.69, 9.17) is 13.7 Å². The number of carbonyl (C=O) groups excluding carboxylic acids is 1. The van der Waals surface area contributed by atoms with E-state index in [2.05, 4.69) is 10.5 Å². The predicted octanol–water partition coefficient (Wildman–Crippen LogP) is 2.37. The Kier molecular flexibility index (Phi) is 4.24. The van der Waals surface area contributed by atoms with Gasteiger partial charge in [-0.3, -0.25) is 4.79 Å². The van der Waals surface area contributed by atoms with Crippen LogP contribution in [0.2, 0.25) is 0 Å². The van der Waals surface area contributed by atoms with E-state index in [0.29, 0.717) is 17.2 Å². The average molecular weight is 278 g/mol. The van der Waals surface area contributed by atoms with Gasteiger partial charge in [0.1, 0.15) is 12.3 Å². The number of carbonyl (C=O) groups is 1. The van der Waals surface area contributed by atoms with Crippen molar-refractivity contribution in [2.75, 3.05) is 6.61 Å². The Labute approximate surface area is 117 Å². The molecule has 0 aromatic carbocycles. The van der Waals surface area contributed by atoms with E-state index in [9.17, 15) is 4.79 Å². The lowest BCUT2D eigenvalue weighted by molar-refractivity contribution is -0.127. The third-order valence-corrected chi connectivity index (χ3v) is 2.32. The number of nitrogens with zero attached hydrogens (tertiary/aromatic N) is 1. The van der Waals surface area contributed by atoms with E-state index in [1.165, 1.54) is 0 Å². The molecule has 2 aromatic heterocycles. The maximum atomic E-state index is 11.5. The van der Waals surface area contributed by atoms with Crippen molar-refractivity contribution in [2.45, 2.75) is 32.9 Å². The van der Waals surface area contributed by atoms with Crippen LogP contribution in [0.1, 0.15) is 26.5 Å². The number of rotatable bonds is 5. The zero-order chi connectivity index (χ0) is 14.6. The zero-order valence-electron chi connectivity index (χ0n) is 11.8. The normalized spacial score (nSPS) is 11.6. The smallest absolute Gasteiger partial charge is 0.246 e. The topological polar surface area (TPSA) is 77.5 Å². The van der Waals surface area contributed by atoms with Crippen molar-refractivity contribution in [3.8, 4) is 11.5 Å². The summed E-state index contributed by atoms with van der Waals surface area (Å²) in [6, 6.07) is 5.27. The molecule has 0 atom stereocenters. The summed E-state index contributed by atoms with van der Waals surface area (Å²) in [4.78, 5) is 11.5. The first kappa shape index (κ1) is 14.3. The molecule has 108 valence electrons. The fraction of sp³-hybridized carbons (Fsp3) is 0.429. The highest BCUT2D eigenvalue weighted by Crippen LogP contribution is 2.20. The van der Waals surface area contributed by atoms with Crippen LogP contribution in [0.25, 0.3) is 11.5 Å². The summed E-state index contributed by atoms with van der Waals surface area (Å²) in [5.41, 5.74) is 0.348. The van der Waals surface area contributed by atoms with Crippen molar-refractivity contribution in [1.29, 1.82) is 0 Å². The summed E-state index contributed by atoms with van der Waals surface area (Å²) in [7, 11) is 0. The van der Waals surface area contributed by atoms with Crippen LogP contribution in [0.4, 0.5) is 0 Å². The molecule has 0 unspecified atom stereocenters. The highest BCUT2D eigenvalue weighted by Gasteiger charge is 2.14. The number of hydrogen-bond acceptors (Lipinski definition) is 5. The van der Waals surface area contributed by atoms with Crippen LogP contribution in [0.3, 0.4) is 0 Å². The van der Waals surface area contributed by atoms with Crippen LogP contribution >= 0.6 is 0 Å². The Bertz CT molecular complexity index is 552. The van der Waals surface area contributed by atoms with Crippen LogP contribution in [0.5, 0.6) is 0 Å². The second kappa shape index (κ2) is 5.92. The van der Waals surface area contributed by atoms with Crippen LogP contribution in [0, 0.1) is 0 Å². The van der Waals surface area contributed by atoms with E-state index in [-0.39, 0.29) is 24.7 Å². The number of furan rings is 1. The minimum atomic E-state index is -0.263. The van der Waals surface area contributed by atoms with Gasteiger partial charge in [0.15, 0.2) is 5.76 Å². The Balaban J connectivity index is 1.79. The van der Waals surface area contributed by atoms with Gasteiger partial charge in [0.2, 0.25) is 11.7 Å². The van der Waals surface area contributed by atoms with Gasteiger partial charge in [-0.2, -0.15) is 0 Å². The highest BCUT2D eigenvalue weighted by molar-refractivity contribution is 5.77. The molecule has 0 saturated heterocycles. The molecule has 0 aliphatic rings. The minimum Gasteiger partial charge on any atom is -0.461 e. The van der Waals surface area contributed by atoms with E-state index in [0.717, 1.165) is 0 Å². The molecule has 0 saturated carbocycles. The van der Waals surface area contributed by atoms with Crippen molar-refractivity contribution in [3.63, 3.8) is 0 Å². The van der Waals surface area contributed by atoms with Crippen LogP contribution in [0.15, 0.2) is 33.4 Å². The molecule has 1 amide bonds. The van der Waals surface area contributed by atoms with Gasteiger partial charge in [-0.05, 0) is 32.9 Å². The van der Waals surface area contributed by atoms with Crippen molar-refractivity contribution in [3.05, 3.63) is 30.2 Å². The first-order valence-electron chi connectivity index (χ1n) is 6.32. The molecule has 0 spiro atoms.